The third kappa shape index (κ3) is 3.15. The summed E-state index contributed by atoms with van der Waals surface area (Å²) in [6.07, 6.45) is 6.23. The van der Waals surface area contributed by atoms with Gasteiger partial charge in [-0.1, -0.05) is 31.2 Å². The molecule has 3 rings (SSSR count). The predicted molar refractivity (Wildman–Crippen MR) is 81.8 cm³/mol. The number of nitrogens with zero attached hydrogens (tertiary/aromatic N) is 3. The first-order chi connectivity index (χ1) is 10.3. The molecular weight excluding hydrogens is 262 g/mol. The van der Waals surface area contributed by atoms with Crippen LogP contribution in [0.1, 0.15) is 30.3 Å². The first kappa shape index (κ1) is 13.9. The maximum absolute atomic E-state index is 12.3. The van der Waals surface area contributed by atoms with Gasteiger partial charge in [0.15, 0.2) is 0 Å². The van der Waals surface area contributed by atoms with Gasteiger partial charge in [-0.15, -0.1) is 0 Å². The highest BCUT2D eigenvalue weighted by atomic mass is 16.2. The molecule has 2 aromatic rings. The second-order valence-corrected chi connectivity index (χ2v) is 5.52. The summed E-state index contributed by atoms with van der Waals surface area (Å²) in [5, 5.41) is 0. The van der Waals surface area contributed by atoms with E-state index in [9.17, 15) is 4.79 Å². The van der Waals surface area contributed by atoms with Crippen molar-refractivity contribution in [1.29, 1.82) is 0 Å². The number of aryl methyl sites for hydroxylation is 2. The highest BCUT2D eigenvalue weighted by Gasteiger charge is 2.20. The number of carbonyl (C=O) groups is 1. The molecule has 1 aliphatic heterocycles. The van der Waals surface area contributed by atoms with Gasteiger partial charge >= 0.3 is 0 Å². The Bertz CT molecular complexity index is 615. The van der Waals surface area contributed by atoms with Gasteiger partial charge in [0.1, 0.15) is 5.82 Å². The molecule has 0 saturated heterocycles. The number of benzene rings is 1. The van der Waals surface area contributed by atoms with Gasteiger partial charge in [0.25, 0.3) is 0 Å². The van der Waals surface area contributed by atoms with Crippen molar-refractivity contribution in [2.75, 3.05) is 6.54 Å². The highest BCUT2D eigenvalue weighted by Crippen LogP contribution is 2.13. The molecule has 4 nitrogen and oxygen atoms in total. The normalized spacial score (nSPS) is 14.0. The number of hydrogen-bond acceptors (Lipinski definition) is 2. The van der Waals surface area contributed by atoms with Crippen LogP contribution in [-0.2, 0) is 30.7 Å². The molecule has 21 heavy (non-hydrogen) atoms. The van der Waals surface area contributed by atoms with Crippen molar-refractivity contribution >= 4 is 5.91 Å². The van der Waals surface area contributed by atoms with E-state index < -0.39 is 0 Å². The molecule has 0 aliphatic carbocycles. The molecule has 1 aromatic carbocycles. The van der Waals surface area contributed by atoms with Crippen molar-refractivity contribution in [3.8, 4) is 0 Å². The summed E-state index contributed by atoms with van der Waals surface area (Å²) in [6.45, 7) is 4.43. The van der Waals surface area contributed by atoms with Crippen molar-refractivity contribution in [2.24, 2.45) is 0 Å². The van der Waals surface area contributed by atoms with Crippen LogP contribution in [0.2, 0.25) is 0 Å². The Labute approximate surface area is 125 Å². The van der Waals surface area contributed by atoms with E-state index in [2.05, 4.69) is 40.7 Å². The van der Waals surface area contributed by atoms with Gasteiger partial charge in [0.05, 0.1) is 6.54 Å². The van der Waals surface area contributed by atoms with Gasteiger partial charge in [-0.2, -0.15) is 0 Å². The van der Waals surface area contributed by atoms with Crippen LogP contribution in [0, 0.1) is 0 Å². The lowest BCUT2D eigenvalue weighted by Gasteiger charge is -2.27. The molecular formula is C17H21N3O. The van der Waals surface area contributed by atoms with E-state index in [1.807, 2.05) is 11.1 Å². The fourth-order valence-electron chi connectivity index (χ4n) is 2.74. The lowest BCUT2D eigenvalue weighted by atomic mass is 10.1. The molecule has 1 aromatic heterocycles. The van der Waals surface area contributed by atoms with Crippen molar-refractivity contribution in [3.63, 3.8) is 0 Å². The van der Waals surface area contributed by atoms with Gasteiger partial charge < -0.3 is 9.47 Å². The maximum atomic E-state index is 12.3. The van der Waals surface area contributed by atoms with Gasteiger partial charge in [-0.05, 0) is 24.0 Å². The molecule has 0 spiro atoms. The van der Waals surface area contributed by atoms with Crippen molar-refractivity contribution in [1.82, 2.24) is 14.5 Å². The lowest BCUT2D eigenvalue weighted by Crippen LogP contribution is -2.38. The van der Waals surface area contributed by atoms with Gasteiger partial charge in [0.2, 0.25) is 5.91 Å². The number of hydrogen-bond donors (Lipinski definition) is 0. The zero-order valence-corrected chi connectivity index (χ0v) is 12.5. The quantitative estimate of drug-likeness (QED) is 0.864. The minimum atomic E-state index is 0.226. The van der Waals surface area contributed by atoms with Gasteiger partial charge in [-0.25, -0.2) is 4.98 Å². The average Bonchev–Trinajstić information content (AvgIpc) is 3.00. The number of aromatic nitrogens is 2. The molecule has 0 saturated carbocycles. The largest absolute Gasteiger partial charge is 0.333 e. The van der Waals surface area contributed by atoms with Crippen LogP contribution in [-0.4, -0.2) is 26.9 Å². The molecule has 2 heterocycles. The molecule has 0 unspecified atom stereocenters. The Morgan fingerprint density at radius 2 is 1.95 bits per heavy atom. The third-order valence-electron chi connectivity index (χ3n) is 4.16. The topological polar surface area (TPSA) is 38.1 Å². The van der Waals surface area contributed by atoms with E-state index in [1.54, 1.807) is 6.20 Å². The lowest BCUT2D eigenvalue weighted by molar-refractivity contribution is -0.132. The van der Waals surface area contributed by atoms with Gasteiger partial charge in [0, 0.05) is 31.9 Å². The highest BCUT2D eigenvalue weighted by molar-refractivity contribution is 5.76. The van der Waals surface area contributed by atoms with E-state index >= 15 is 0 Å². The second-order valence-electron chi connectivity index (χ2n) is 5.52. The van der Waals surface area contributed by atoms with Crippen LogP contribution >= 0.6 is 0 Å². The fourth-order valence-corrected chi connectivity index (χ4v) is 2.74. The summed E-state index contributed by atoms with van der Waals surface area (Å²) in [5.41, 5.74) is 2.58. The summed E-state index contributed by atoms with van der Waals surface area (Å²) in [5.74, 6) is 1.21. The zero-order valence-electron chi connectivity index (χ0n) is 12.5. The van der Waals surface area contributed by atoms with Crippen molar-refractivity contribution in [2.45, 2.75) is 39.3 Å². The molecule has 0 bridgehead atoms. The number of rotatable bonds is 4. The molecule has 4 heteroatoms. The summed E-state index contributed by atoms with van der Waals surface area (Å²) in [4.78, 5) is 18.5. The Hall–Kier alpha value is -2.10. The van der Waals surface area contributed by atoms with Crippen molar-refractivity contribution in [3.05, 3.63) is 53.6 Å². The van der Waals surface area contributed by atoms with E-state index in [1.165, 1.54) is 11.1 Å². The minimum absolute atomic E-state index is 0.226. The Kier molecular flexibility index (Phi) is 4.04. The first-order valence-electron chi connectivity index (χ1n) is 7.62. The number of imidazole rings is 1. The summed E-state index contributed by atoms with van der Waals surface area (Å²) >= 11 is 0. The fraction of sp³-hybridized carbons (Fsp3) is 0.412. The predicted octanol–water partition coefficient (Wildman–Crippen LogP) is 2.42. The summed E-state index contributed by atoms with van der Waals surface area (Å²) in [7, 11) is 0. The SMILES string of the molecule is CCc1ccc(CCC(=O)N2CCn3ccnc3C2)cc1. The first-order valence-corrected chi connectivity index (χ1v) is 7.62. The average molecular weight is 283 g/mol. The smallest absolute Gasteiger partial charge is 0.223 e. The summed E-state index contributed by atoms with van der Waals surface area (Å²) in [6, 6.07) is 8.57. The molecule has 1 aliphatic rings. The molecule has 0 radical (unpaired) electrons. The standard InChI is InChI=1S/C17H21N3O/c1-2-14-3-5-15(6-4-14)7-8-17(21)20-12-11-19-10-9-18-16(19)13-20/h3-6,9-10H,2,7-8,11-13H2,1H3. The van der Waals surface area contributed by atoms with Crippen LogP contribution < -0.4 is 0 Å². The maximum Gasteiger partial charge on any atom is 0.223 e. The Morgan fingerprint density at radius 3 is 2.71 bits per heavy atom. The van der Waals surface area contributed by atoms with E-state index in [4.69, 9.17) is 0 Å². The van der Waals surface area contributed by atoms with Gasteiger partial charge in [-0.3, -0.25) is 4.79 Å². The Morgan fingerprint density at radius 1 is 1.19 bits per heavy atom. The molecule has 0 N–H and O–H groups in total. The van der Waals surface area contributed by atoms with Crippen LogP contribution in [0.3, 0.4) is 0 Å². The number of amides is 1. The molecule has 0 atom stereocenters. The Balaban J connectivity index is 1.54. The number of carbonyl (C=O) groups excluding carboxylic acids is 1. The minimum Gasteiger partial charge on any atom is -0.333 e. The molecule has 110 valence electrons. The molecule has 1 amide bonds. The van der Waals surface area contributed by atoms with Crippen LogP contribution in [0.15, 0.2) is 36.7 Å². The van der Waals surface area contributed by atoms with E-state index in [0.29, 0.717) is 13.0 Å². The molecule has 0 fully saturated rings. The van der Waals surface area contributed by atoms with Crippen molar-refractivity contribution < 1.29 is 4.79 Å². The summed E-state index contributed by atoms with van der Waals surface area (Å²) < 4.78 is 2.12. The van der Waals surface area contributed by atoms with Crippen LogP contribution in [0.5, 0.6) is 0 Å². The zero-order chi connectivity index (χ0) is 14.7. The monoisotopic (exact) mass is 283 g/mol. The van der Waals surface area contributed by atoms with Crippen LogP contribution in [0.25, 0.3) is 0 Å². The third-order valence-corrected chi connectivity index (χ3v) is 4.16. The van der Waals surface area contributed by atoms with E-state index in [0.717, 1.165) is 31.8 Å². The van der Waals surface area contributed by atoms with E-state index in [-0.39, 0.29) is 5.91 Å². The van der Waals surface area contributed by atoms with Crippen LogP contribution in [0.4, 0.5) is 0 Å². The second kappa shape index (κ2) is 6.12. The number of fused-ring (bicyclic) bond motifs is 1.